The van der Waals surface area contributed by atoms with E-state index in [0.717, 1.165) is 0 Å². The third-order valence-corrected chi connectivity index (χ3v) is 1.25. The monoisotopic (exact) mass is 138 g/mol. The standard InChI is InChI=1S/C7H10N2O/c1-6(8)7(10)9-4-2-3-5-9/h2-6H,8H2,1H3/t6-/m0/s1. The zero-order valence-electron chi connectivity index (χ0n) is 5.82. The van der Waals surface area contributed by atoms with Crippen LogP contribution in [0, 0.1) is 0 Å². The number of nitrogens with two attached hydrogens (primary N) is 1. The largest absolute Gasteiger partial charge is 0.320 e. The van der Waals surface area contributed by atoms with Gasteiger partial charge in [-0.15, -0.1) is 0 Å². The summed E-state index contributed by atoms with van der Waals surface area (Å²) in [5.41, 5.74) is 5.36. The van der Waals surface area contributed by atoms with E-state index in [1.807, 2.05) is 0 Å². The molecule has 54 valence electrons. The van der Waals surface area contributed by atoms with Crippen LogP contribution in [0.3, 0.4) is 0 Å². The fourth-order valence-electron chi connectivity index (χ4n) is 0.717. The third kappa shape index (κ3) is 1.25. The maximum Gasteiger partial charge on any atom is 0.247 e. The highest BCUT2D eigenvalue weighted by molar-refractivity contribution is 5.83. The number of rotatable bonds is 1. The molecule has 1 aromatic rings. The van der Waals surface area contributed by atoms with Crippen LogP contribution < -0.4 is 5.73 Å². The van der Waals surface area contributed by atoms with Gasteiger partial charge in [-0.25, -0.2) is 0 Å². The average molecular weight is 138 g/mol. The molecule has 3 nitrogen and oxygen atoms in total. The zero-order chi connectivity index (χ0) is 7.56. The molecule has 2 N–H and O–H groups in total. The van der Waals surface area contributed by atoms with Gasteiger partial charge in [0, 0.05) is 12.4 Å². The Balaban J connectivity index is 2.78. The summed E-state index contributed by atoms with van der Waals surface area (Å²) in [6.45, 7) is 1.67. The lowest BCUT2D eigenvalue weighted by Gasteiger charge is -2.03. The first-order valence-electron chi connectivity index (χ1n) is 3.14. The van der Waals surface area contributed by atoms with Gasteiger partial charge in [0.25, 0.3) is 0 Å². The molecule has 3 heteroatoms. The molecule has 1 atom stereocenters. The van der Waals surface area contributed by atoms with Crippen molar-refractivity contribution in [3.05, 3.63) is 24.5 Å². The normalized spacial score (nSPS) is 13.0. The van der Waals surface area contributed by atoms with Crippen molar-refractivity contribution >= 4 is 5.91 Å². The molecule has 0 unspecified atom stereocenters. The molecule has 0 fully saturated rings. The van der Waals surface area contributed by atoms with Crippen molar-refractivity contribution in [3.63, 3.8) is 0 Å². The third-order valence-electron chi connectivity index (χ3n) is 1.25. The maximum atomic E-state index is 11.0. The second-order valence-electron chi connectivity index (χ2n) is 2.22. The van der Waals surface area contributed by atoms with Crippen LogP contribution in [0.15, 0.2) is 24.5 Å². The molecule has 0 aromatic carbocycles. The minimum atomic E-state index is -0.424. The molecule has 0 aliphatic rings. The van der Waals surface area contributed by atoms with Crippen molar-refractivity contribution in [1.82, 2.24) is 4.57 Å². The Bertz CT molecular complexity index is 214. The molecule has 0 aliphatic heterocycles. The Hall–Kier alpha value is -1.09. The van der Waals surface area contributed by atoms with E-state index in [1.54, 1.807) is 31.5 Å². The van der Waals surface area contributed by atoms with Crippen LogP contribution in [0.4, 0.5) is 0 Å². The van der Waals surface area contributed by atoms with Crippen LogP contribution in [-0.4, -0.2) is 16.5 Å². The zero-order valence-corrected chi connectivity index (χ0v) is 5.82. The van der Waals surface area contributed by atoms with Gasteiger partial charge in [0.05, 0.1) is 6.04 Å². The number of carbonyl (C=O) groups is 1. The van der Waals surface area contributed by atoms with Gasteiger partial charge in [-0.1, -0.05) is 0 Å². The van der Waals surface area contributed by atoms with E-state index < -0.39 is 6.04 Å². The number of hydrogen-bond donors (Lipinski definition) is 1. The number of nitrogens with zero attached hydrogens (tertiary/aromatic N) is 1. The molecule has 0 radical (unpaired) electrons. The Kier molecular flexibility index (Phi) is 1.87. The predicted molar refractivity (Wildman–Crippen MR) is 38.7 cm³/mol. The van der Waals surface area contributed by atoms with Crippen LogP contribution in [0.2, 0.25) is 0 Å². The summed E-state index contributed by atoms with van der Waals surface area (Å²) in [5, 5.41) is 0. The van der Waals surface area contributed by atoms with Crippen molar-refractivity contribution in [3.8, 4) is 0 Å². The topological polar surface area (TPSA) is 48.0 Å². The van der Waals surface area contributed by atoms with E-state index in [0.29, 0.717) is 0 Å². The molecule has 0 amide bonds. The van der Waals surface area contributed by atoms with Crippen LogP contribution in [0.1, 0.15) is 11.7 Å². The highest BCUT2D eigenvalue weighted by atomic mass is 16.2. The Morgan fingerprint density at radius 3 is 2.40 bits per heavy atom. The van der Waals surface area contributed by atoms with Crippen molar-refractivity contribution in [2.45, 2.75) is 13.0 Å². The first-order chi connectivity index (χ1) is 4.72. The van der Waals surface area contributed by atoms with E-state index in [-0.39, 0.29) is 5.91 Å². The quantitative estimate of drug-likeness (QED) is 0.613. The summed E-state index contributed by atoms with van der Waals surface area (Å²) >= 11 is 0. The SMILES string of the molecule is C[C@H](N)C(=O)n1cccc1. The Morgan fingerprint density at radius 1 is 1.50 bits per heavy atom. The van der Waals surface area contributed by atoms with Gasteiger partial charge in [0.2, 0.25) is 5.91 Å². The van der Waals surface area contributed by atoms with Gasteiger partial charge in [0.1, 0.15) is 0 Å². The molecule has 0 bridgehead atoms. The number of aromatic nitrogens is 1. The van der Waals surface area contributed by atoms with Gasteiger partial charge >= 0.3 is 0 Å². The van der Waals surface area contributed by atoms with Crippen molar-refractivity contribution in [2.24, 2.45) is 5.73 Å². The lowest BCUT2D eigenvalue weighted by atomic mass is 10.3. The number of hydrogen-bond acceptors (Lipinski definition) is 2. The molecule has 0 spiro atoms. The molecule has 1 rings (SSSR count). The first-order valence-corrected chi connectivity index (χ1v) is 3.14. The van der Waals surface area contributed by atoms with E-state index in [4.69, 9.17) is 5.73 Å². The minimum Gasteiger partial charge on any atom is -0.320 e. The smallest absolute Gasteiger partial charge is 0.247 e. The summed E-state index contributed by atoms with van der Waals surface area (Å²) in [6.07, 6.45) is 3.37. The summed E-state index contributed by atoms with van der Waals surface area (Å²) in [6, 6.07) is 3.16. The number of carbonyl (C=O) groups excluding carboxylic acids is 1. The van der Waals surface area contributed by atoms with E-state index in [1.165, 1.54) is 4.57 Å². The maximum absolute atomic E-state index is 11.0. The molecular formula is C7H10N2O. The Labute approximate surface area is 59.4 Å². The van der Waals surface area contributed by atoms with Gasteiger partial charge in [-0.3, -0.25) is 9.36 Å². The molecule has 10 heavy (non-hydrogen) atoms. The average Bonchev–Trinajstić information content (AvgIpc) is 2.36. The lowest BCUT2D eigenvalue weighted by Crippen LogP contribution is -2.30. The summed E-state index contributed by atoms with van der Waals surface area (Å²) in [7, 11) is 0. The summed E-state index contributed by atoms with van der Waals surface area (Å²) in [4.78, 5) is 11.0. The van der Waals surface area contributed by atoms with Gasteiger partial charge in [-0.2, -0.15) is 0 Å². The predicted octanol–water partition coefficient (Wildman–Crippen LogP) is 0.475. The lowest BCUT2D eigenvalue weighted by molar-refractivity contribution is 0.0887. The molecule has 1 heterocycles. The minimum absolute atomic E-state index is 0.0787. The van der Waals surface area contributed by atoms with E-state index in [9.17, 15) is 4.79 Å². The Morgan fingerprint density at radius 2 is 2.00 bits per heavy atom. The molecule has 1 aromatic heterocycles. The second kappa shape index (κ2) is 2.66. The molecular weight excluding hydrogens is 128 g/mol. The van der Waals surface area contributed by atoms with Crippen LogP contribution in [0.5, 0.6) is 0 Å². The van der Waals surface area contributed by atoms with Crippen LogP contribution >= 0.6 is 0 Å². The summed E-state index contributed by atoms with van der Waals surface area (Å²) < 4.78 is 1.48. The van der Waals surface area contributed by atoms with Crippen molar-refractivity contribution in [1.29, 1.82) is 0 Å². The van der Waals surface area contributed by atoms with Crippen LogP contribution in [0.25, 0.3) is 0 Å². The fraction of sp³-hybridized carbons (Fsp3) is 0.286. The van der Waals surface area contributed by atoms with Gasteiger partial charge in [0.15, 0.2) is 0 Å². The van der Waals surface area contributed by atoms with E-state index >= 15 is 0 Å². The van der Waals surface area contributed by atoms with Crippen molar-refractivity contribution < 1.29 is 4.79 Å². The summed E-state index contributed by atoms with van der Waals surface area (Å²) in [5.74, 6) is -0.0787. The highest BCUT2D eigenvalue weighted by Gasteiger charge is 2.06. The molecule has 0 aliphatic carbocycles. The van der Waals surface area contributed by atoms with Gasteiger partial charge < -0.3 is 5.73 Å². The molecule has 0 saturated heterocycles. The van der Waals surface area contributed by atoms with Gasteiger partial charge in [-0.05, 0) is 19.1 Å². The van der Waals surface area contributed by atoms with Crippen LogP contribution in [-0.2, 0) is 0 Å². The highest BCUT2D eigenvalue weighted by Crippen LogP contribution is 1.91. The van der Waals surface area contributed by atoms with E-state index in [2.05, 4.69) is 0 Å². The first kappa shape index (κ1) is 7.02. The molecule has 0 saturated carbocycles. The fourth-order valence-corrected chi connectivity index (χ4v) is 0.717. The second-order valence-corrected chi connectivity index (χ2v) is 2.22. The van der Waals surface area contributed by atoms with Crippen molar-refractivity contribution in [2.75, 3.05) is 0 Å².